The molecule has 2 unspecified atom stereocenters. The molecule has 1 aliphatic heterocycles. The molecule has 0 radical (unpaired) electrons. The van der Waals surface area contributed by atoms with Crippen LogP contribution in [-0.4, -0.2) is 64.1 Å². The highest BCUT2D eigenvalue weighted by molar-refractivity contribution is 4.74. The van der Waals surface area contributed by atoms with E-state index < -0.39 is 0 Å². The summed E-state index contributed by atoms with van der Waals surface area (Å²) < 4.78 is 10.9. The Labute approximate surface area is 106 Å². The number of methoxy groups -OCH3 is 1. The quantitative estimate of drug-likeness (QED) is 0.659. The summed E-state index contributed by atoms with van der Waals surface area (Å²) in [6.45, 7) is 7.01. The van der Waals surface area contributed by atoms with Gasteiger partial charge in [0.2, 0.25) is 0 Å². The fourth-order valence-electron chi connectivity index (χ4n) is 2.31. The van der Waals surface area contributed by atoms with Gasteiger partial charge in [-0.15, -0.1) is 0 Å². The summed E-state index contributed by atoms with van der Waals surface area (Å²) in [6.07, 6.45) is 4.03. The average molecular weight is 244 g/mol. The van der Waals surface area contributed by atoms with E-state index in [1.54, 1.807) is 7.11 Å². The van der Waals surface area contributed by atoms with Crippen LogP contribution in [0.1, 0.15) is 26.2 Å². The lowest BCUT2D eigenvalue weighted by Crippen LogP contribution is -2.44. The van der Waals surface area contributed by atoms with Crippen LogP contribution in [0.4, 0.5) is 0 Å². The molecule has 1 aliphatic rings. The summed E-state index contributed by atoms with van der Waals surface area (Å²) in [5.74, 6) is 0. The summed E-state index contributed by atoms with van der Waals surface area (Å²) in [6, 6.07) is 0.423. The minimum Gasteiger partial charge on any atom is -0.383 e. The predicted molar refractivity (Wildman–Crippen MR) is 70.4 cm³/mol. The molecule has 17 heavy (non-hydrogen) atoms. The van der Waals surface area contributed by atoms with Crippen LogP contribution in [0.2, 0.25) is 0 Å². The summed E-state index contributed by atoms with van der Waals surface area (Å²) in [5, 5.41) is 3.52. The molecular weight excluding hydrogens is 216 g/mol. The molecule has 0 saturated carbocycles. The fourth-order valence-corrected chi connectivity index (χ4v) is 2.31. The molecule has 1 rings (SSSR count). The molecule has 0 aromatic rings. The van der Waals surface area contributed by atoms with Gasteiger partial charge in [0.25, 0.3) is 0 Å². The lowest BCUT2D eigenvalue weighted by Gasteiger charge is -2.26. The minimum absolute atomic E-state index is 0.423. The highest BCUT2D eigenvalue weighted by atomic mass is 16.5. The number of rotatable bonds is 9. The van der Waals surface area contributed by atoms with E-state index in [1.165, 1.54) is 12.8 Å². The molecule has 0 aromatic carbocycles. The van der Waals surface area contributed by atoms with E-state index in [-0.39, 0.29) is 0 Å². The van der Waals surface area contributed by atoms with Crippen molar-refractivity contribution < 1.29 is 9.47 Å². The van der Waals surface area contributed by atoms with Crippen LogP contribution in [0.25, 0.3) is 0 Å². The summed E-state index contributed by atoms with van der Waals surface area (Å²) >= 11 is 0. The van der Waals surface area contributed by atoms with Gasteiger partial charge in [0.05, 0.1) is 12.7 Å². The van der Waals surface area contributed by atoms with Crippen molar-refractivity contribution >= 4 is 0 Å². The first-order valence-corrected chi connectivity index (χ1v) is 6.78. The maximum absolute atomic E-state index is 5.65. The van der Waals surface area contributed by atoms with E-state index in [1.807, 2.05) is 0 Å². The van der Waals surface area contributed by atoms with Crippen LogP contribution in [0.3, 0.4) is 0 Å². The number of ether oxygens (including phenoxy) is 2. The van der Waals surface area contributed by atoms with E-state index in [0.717, 1.165) is 39.3 Å². The van der Waals surface area contributed by atoms with Gasteiger partial charge < -0.3 is 19.7 Å². The molecule has 4 heteroatoms. The lowest BCUT2D eigenvalue weighted by atomic mass is 10.2. The maximum atomic E-state index is 5.65. The third-order valence-electron chi connectivity index (χ3n) is 3.12. The summed E-state index contributed by atoms with van der Waals surface area (Å²) in [7, 11) is 3.93. The first-order valence-electron chi connectivity index (χ1n) is 6.78. The smallest absolute Gasteiger partial charge is 0.0702 e. The Balaban J connectivity index is 2.21. The zero-order valence-electron chi connectivity index (χ0n) is 11.6. The molecule has 1 heterocycles. The van der Waals surface area contributed by atoms with E-state index in [4.69, 9.17) is 9.47 Å². The Kier molecular flexibility index (Phi) is 7.77. The topological polar surface area (TPSA) is 33.7 Å². The van der Waals surface area contributed by atoms with Crippen LogP contribution in [0.5, 0.6) is 0 Å². The molecule has 1 saturated heterocycles. The number of hydrogen-bond donors (Lipinski definition) is 1. The van der Waals surface area contributed by atoms with Crippen molar-refractivity contribution in [2.45, 2.75) is 38.3 Å². The minimum atomic E-state index is 0.423. The first kappa shape index (κ1) is 14.9. The number of nitrogens with zero attached hydrogens (tertiary/aromatic N) is 1. The van der Waals surface area contributed by atoms with E-state index in [0.29, 0.717) is 12.1 Å². The molecule has 0 amide bonds. The highest BCUT2D eigenvalue weighted by Crippen LogP contribution is 2.12. The summed E-state index contributed by atoms with van der Waals surface area (Å²) in [5.41, 5.74) is 0. The molecule has 1 fully saturated rings. The number of hydrogen-bond acceptors (Lipinski definition) is 4. The van der Waals surface area contributed by atoms with Gasteiger partial charge in [0.1, 0.15) is 0 Å². The van der Waals surface area contributed by atoms with E-state index in [2.05, 4.69) is 24.2 Å². The summed E-state index contributed by atoms with van der Waals surface area (Å²) in [4.78, 5) is 2.35. The second-order valence-corrected chi connectivity index (χ2v) is 4.96. The SMILES string of the molecule is CCCNC(COC)CN(C)CC1CCCO1. The van der Waals surface area contributed by atoms with Crippen molar-refractivity contribution in [1.82, 2.24) is 10.2 Å². The normalized spacial score (nSPS) is 22.2. The second-order valence-electron chi connectivity index (χ2n) is 4.96. The molecule has 0 aliphatic carbocycles. The zero-order valence-corrected chi connectivity index (χ0v) is 11.6. The molecule has 4 nitrogen and oxygen atoms in total. The van der Waals surface area contributed by atoms with Crippen LogP contribution in [0.15, 0.2) is 0 Å². The Morgan fingerprint density at radius 3 is 2.94 bits per heavy atom. The van der Waals surface area contributed by atoms with Gasteiger partial charge in [-0.25, -0.2) is 0 Å². The molecule has 0 spiro atoms. The van der Waals surface area contributed by atoms with Gasteiger partial charge in [-0.1, -0.05) is 6.92 Å². The van der Waals surface area contributed by atoms with Gasteiger partial charge in [-0.05, 0) is 32.9 Å². The maximum Gasteiger partial charge on any atom is 0.0702 e. The Bertz CT molecular complexity index is 184. The van der Waals surface area contributed by atoms with Crippen molar-refractivity contribution in [1.29, 1.82) is 0 Å². The molecule has 102 valence electrons. The van der Waals surface area contributed by atoms with Crippen LogP contribution < -0.4 is 5.32 Å². The van der Waals surface area contributed by atoms with E-state index in [9.17, 15) is 0 Å². The monoisotopic (exact) mass is 244 g/mol. The average Bonchev–Trinajstić information content (AvgIpc) is 2.78. The number of nitrogens with one attached hydrogen (secondary N) is 1. The van der Waals surface area contributed by atoms with Crippen molar-refractivity contribution in [2.24, 2.45) is 0 Å². The fraction of sp³-hybridized carbons (Fsp3) is 1.00. The molecular formula is C13H28N2O2. The van der Waals surface area contributed by atoms with Crippen molar-refractivity contribution in [2.75, 3.05) is 47.0 Å². The molecule has 0 aromatic heterocycles. The van der Waals surface area contributed by atoms with Crippen molar-refractivity contribution in [3.05, 3.63) is 0 Å². The van der Waals surface area contributed by atoms with Gasteiger partial charge in [-0.2, -0.15) is 0 Å². The van der Waals surface area contributed by atoms with Gasteiger partial charge >= 0.3 is 0 Å². The van der Waals surface area contributed by atoms with Crippen molar-refractivity contribution in [3.8, 4) is 0 Å². The van der Waals surface area contributed by atoms with Crippen molar-refractivity contribution in [3.63, 3.8) is 0 Å². The Morgan fingerprint density at radius 1 is 1.53 bits per heavy atom. The van der Waals surface area contributed by atoms with Crippen LogP contribution >= 0.6 is 0 Å². The predicted octanol–water partition coefficient (Wildman–Crippen LogP) is 1.11. The number of likely N-dealkylation sites (N-methyl/N-ethyl adjacent to an activating group) is 1. The third kappa shape index (κ3) is 6.36. The van der Waals surface area contributed by atoms with E-state index >= 15 is 0 Å². The third-order valence-corrected chi connectivity index (χ3v) is 3.12. The highest BCUT2D eigenvalue weighted by Gasteiger charge is 2.19. The van der Waals surface area contributed by atoms with Crippen LogP contribution in [-0.2, 0) is 9.47 Å². The van der Waals surface area contributed by atoms with Gasteiger partial charge in [-0.3, -0.25) is 0 Å². The standard InChI is InChI=1S/C13H28N2O2/c1-4-7-14-12(11-16-3)9-15(2)10-13-6-5-8-17-13/h12-14H,4-11H2,1-3H3. The second kappa shape index (κ2) is 8.86. The zero-order chi connectivity index (χ0) is 12.5. The lowest BCUT2D eigenvalue weighted by molar-refractivity contribution is 0.0722. The Morgan fingerprint density at radius 2 is 2.35 bits per heavy atom. The largest absolute Gasteiger partial charge is 0.383 e. The molecule has 1 N–H and O–H groups in total. The van der Waals surface area contributed by atoms with Gasteiger partial charge in [0, 0.05) is 32.8 Å². The molecule has 0 bridgehead atoms. The van der Waals surface area contributed by atoms with Crippen LogP contribution in [0, 0.1) is 0 Å². The van der Waals surface area contributed by atoms with Gasteiger partial charge in [0.15, 0.2) is 0 Å². The first-order chi connectivity index (χ1) is 8.26. The Hall–Kier alpha value is -0.160. The molecule has 2 atom stereocenters.